The average Bonchev–Trinajstić information content (AvgIpc) is 2.66. The van der Waals surface area contributed by atoms with E-state index in [1.54, 1.807) is 0 Å². The summed E-state index contributed by atoms with van der Waals surface area (Å²) in [5, 5.41) is 14.3. The SMILES string of the molecule is Cc1nn(C2CCCC2O)c(C)c1C. The highest BCUT2D eigenvalue weighted by Crippen LogP contribution is 2.31. The molecule has 78 valence electrons. The molecule has 2 unspecified atom stereocenters. The van der Waals surface area contributed by atoms with Gasteiger partial charge in [-0.1, -0.05) is 0 Å². The summed E-state index contributed by atoms with van der Waals surface area (Å²) in [4.78, 5) is 0. The molecule has 0 amide bonds. The first-order chi connectivity index (χ1) is 6.61. The van der Waals surface area contributed by atoms with Gasteiger partial charge in [-0.15, -0.1) is 0 Å². The van der Waals surface area contributed by atoms with Crippen molar-refractivity contribution in [2.75, 3.05) is 0 Å². The second kappa shape index (κ2) is 3.39. The van der Waals surface area contributed by atoms with E-state index in [4.69, 9.17) is 0 Å². The molecule has 0 spiro atoms. The maximum atomic E-state index is 9.81. The third-order valence-corrected chi connectivity index (χ3v) is 3.44. The Morgan fingerprint density at radius 3 is 2.43 bits per heavy atom. The Kier molecular flexibility index (Phi) is 2.35. The van der Waals surface area contributed by atoms with Crippen LogP contribution in [0.4, 0.5) is 0 Å². The molecule has 0 radical (unpaired) electrons. The zero-order chi connectivity index (χ0) is 10.3. The van der Waals surface area contributed by atoms with Gasteiger partial charge in [0.25, 0.3) is 0 Å². The minimum atomic E-state index is -0.201. The fourth-order valence-corrected chi connectivity index (χ4v) is 2.27. The van der Waals surface area contributed by atoms with Crippen LogP contribution in [-0.4, -0.2) is 21.0 Å². The Balaban J connectivity index is 2.36. The van der Waals surface area contributed by atoms with E-state index in [2.05, 4.69) is 18.9 Å². The average molecular weight is 194 g/mol. The van der Waals surface area contributed by atoms with Crippen LogP contribution in [0.15, 0.2) is 0 Å². The largest absolute Gasteiger partial charge is 0.391 e. The second-order valence-corrected chi connectivity index (χ2v) is 4.31. The molecule has 1 fully saturated rings. The van der Waals surface area contributed by atoms with Gasteiger partial charge in [-0.25, -0.2) is 0 Å². The summed E-state index contributed by atoms with van der Waals surface area (Å²) in [5.74, 6) is 0. The molecule has 0 aliphatic heterocycles. The zero-order valence-corrected chi connectivity index (χ0v) is 9.12. The molecule has 1 aliphatic rings. The number of aliphatic hydroxyl groups is 1. The van der Waals surface area contributed by atoms with Gasteiger partial charge in [0.1, 0.15) is 0 Å². The Bertz CT molecular complexity index is 343. The van der Waals surface area contributed by atoms with Gasteiger partial charge < -0.3 is 5.11 Å². The Hall–Kier alpha value is -0.830. The van der Waals surface area contributed by atoms with Crippen LogP contribution in [0.2, 0.25) is 0 Å². The maximum Gasteiger partial charge on any atom is 0.0781 e. The lowest BCUT2D eigenvalue weighted by Crippen LogP contribution is -2.20. The molecule has 1 aliphatic carbocycles. The second-order valence-electron chi connectivity index (χ2n) is 4.31. The number of aliphatic hydroxyl groups excluding tert-OH is 1. The van der Waals surface area contributed by atoms with Gasteiger partial charge in [0.05, 0.1) is 17.8 Å². The molecule has 2 atom stereocenters. The van der Waals surface area contributed by atoms with Crippen LogP contribution in [0, 0.1) is 20.8 Å². The molecule has 0 bridgehead atoms. The van der Waals surface area contributed by atoms with Crippen molar-refractivity contribution in [1.29, 1.82) is 0 Å². The van der Waals surface area contributed by atoms with E-state index in [1.165, 1.54) is 11.3 Å². The molecule has 1 aromatic rings. The molecule has 3 heteroatoms. The Morgan fingerprint density at radius 2 is 2.00 bits per heavy atom. The lowest BCUT2D eigenvalue weighted by atomic mass is 10.2. The van der Waals surface area contributed by atoms with Gasteiger partial charge in [-0.05, 0) is 45.6 Å². The molecule has 1 N–H and O–H groups in total. The highest BCUT2D eigenvalue weighted by atomic mass is 16.3. The molecule has 1 saturated carbocycles. The van der Waals surface area contributed by atoms with Gasteiger partial charge in [-0.3, -0.25) is 4.68 Å². The van der Waals surface area contributed by atoms with Gasteiger partial charge in [0.15, 0.2) is 0 Å². The summed E-state index contributed by atoms with van der Waals surface area (Å²) in [6.45, 7) is 6.20. The van der Waals surface area contributed by atoms with Crippen LogP contribution < -0.4 is 0 Å². The number of hydrogen-bond donors (Lipinski definition) is 1. The highest BCUT2D eigenvalue weighted by Gasteiger charge is 2.28. The minimum absolute atomic E-state index is 0.201. The van der Waals surface area contributed by atoms with E-state index < -0.39 is 0 Å². The minimum Gasteiger partial charge on any atom is -0.391 e. The molecular formula is C11H18N2O. The van der Waals surface area contributed by atoms with Crippen molar-refractivity contribution in [2.24, 2.45) is 0 Å². The third kappa shape index (κ3) is 1.36. The maximum absolute atomic E-state index is 9.81. The monoisotopic (exact) mass is 194 g/mol. The first kappa shape index (κ1) is 9.71. The van der Waals surface area contributed by atoms with Crippen LogP contribution in [-0.2, 0) is 0 Å². The standard InChI is InChI=1S/C11H18N2O/c1-7-8(2)12-13(9(7)3)10-5-4-6-11(10)14/h10-11,14H,4-6H2,1-3H3. The molecule has 0 aromatic carbocycles. The highest BCUT2D eigenvalue weighted by molar-refractivity contribution is 5.23. The summed E-state index contributed by atoms with van der Waals surface area (Å²) in [6.07, 6.45) is 2.89. The van der Waals surface area contributed by atoms with Crippen molar-refractivity contribution in [3.63, 3.8) is 0 Å². The fraction of sp³-hybridized carbons (Fsp3) is 0.727. The molecule has 14 heavy (non-hydrogen) atoms. The topological polar surface area (TPSA) is 38.0 Å². The summed E-state index contributed by atoms with van der Waals surface area (Å²) >= 11 is 0. The number of hydrogen-bond acceptors (Lipinski definition) is 2. The van der Waals surface area contributed by atoms with Crippen molar-refractivity contribution >= 4 is 0 Å². The van der Waals surface area contributed by atoms with Crippen LogP contribution in [0.3, 0.4) is 0 Å². The van der Waals surface area contributed by atoms with E-state index in [-0.39, 0.29) is 12.1 Å². The Morgan fingerprint density at radius 1 is 1.29 bits per heavy atom. The van der Waals surface area contributed by atoms with Gasteiger partial charge >= 0.3 is 0 Å². The predicted octanol–water partition coefficient (Wildman–Crippen LogP) is 1.89. The molecule has 3 nitrogen and oxygen atoms in total. The van der Waals surface area contributed by atoms with Crippen LogP contribution >= 0.6 is 0 Å². The number of aromatic nitrogens is 2. The first-order valence-corrected chi connectivity index (χ1v) is 5.31. The smallest absolute Gasteiger partial charge is 0.0781 e. The van der Waals surface area contributed by atoms with Crippen molar-refractivity contribution < 1.29 is 5.11 Å². The van der Waals surface area contributed by atoms with E-state index >= 15 is 0 Å². The summed E-state index contributed by atoms with van der Waals surface area (Å²) in [5.41, 5.74) is 3.54. The summed E-state index contributed by atoms with van der Waals surface area (Å²) in [7, 11) is 0. The Labute approximate surface area is 84.7 Å². The van der Waals surface area contributed by atoms with Gasteiger partial charge in [0.2, 0.25) is 0 Å². The lowest BCUT2D eigenvalue weighted by molar-refractivity contribution is 0.129. The fourth-order valence-electron chi connectivity index (χ4n) is 2.27. The van der Waals surface area contributed by atoms with Gasteiger partial charge in [0, 0.05) is 5.69 Å². The van der Waals surface area contributed by atoms with Gasteiger partial charge in [-0.2, -0.15) is 5.10 Å². The summed E-state index contributed by atoms with van der Waals surface area (Å²) in [6, 6.07) is 0.211. The predicted molar refractivity (Wildman–Crippen MR) is 55.3 cm³/mol. The van der Waals surface area contributed by atoms with E-state index in [0.29, 0.717) is 0 Å². The lowest BCUT2D eigenvalue weighted by Gasteiger charge is -2.16. The van der Waals surface area contributed by atoms with Crippen LogP contribution in [0.25, 0.3) is 0 Å². The van der Waals surface area contributed by atoms with Crippen molar-refractivity contribution in [3.05, 3.63) is 17.0 Å². The normalized spacial score (nSPS) is 27.1. The molecule has 1 aromatic heterocycles. The molecule has 0 saturated heterocycles. The van der Waals surface area contributed by atoms with Crippen molar-refractivity contribution in [1.82, 2.24) is 9.78 Å². The van der Waals surface area contributed by atoms with Crippen molar-refractivity contribution in [3.8, 4) is 0 Å². The van der Waals surface area contributed by atoms with E-state index in [0.717, 1.165) is 25.0 Å². The van der Waals surface area contributed by atoms with E-state index in [9.17, 15) is 5.11 Å². The number of nitrogens with zero attached hydrogens (tertiary/aromatic N) is 2. The summed E-state index contributed by atoms with van der Waals surface area (Å²) < 4.78 is 2.02. The van der Waals surface area contributed by atoms with Crippen LogP contribution in [0.5, 0.6) is 0 Å². The van der Waals surface area contributed by atoms with Crippen molar-refractivity contribution in [2.45, 2.75) is 52.2 Å². The van der Waals surface area contributed by atoms with Crippen LogP contribution in [0.1, 0.15) is 42.3 Å². The number of rotatable bonds is 1. The zero-order valence-electron chi connectivity index (χ0n) is 9.12. The first-order valence-electron chi connectivity index (χ1n) is 5.31. The quantitative estimate of drug-likeness (QED) is 0.741. The third-order valence-electron chi connectivity index (χ3n) is 3.44. The van der Waals surface area contributed by atoms with E-state index in [1.807, 2.05) is 11.6 Å². The number of aryl methyl sites for hydroxylation is 1. The molecule has 1 heterocycles. The molecule has 2 rings (SSSR count). The molecular weight excluding hydrogens is 176 g/mol.